The van der Waals surface area contributed by atoms with Gasteiger partial charge in [-0.3, -0.25) is 11.3 Å². The molecule has 0 amide bonds. The molecule has 0 spiro atoms. The van der Waals surface area contributed by atoms with Gasteiger partial charge in [0, 0.05) is 6.04 Å². The Morgan fingerprint density at radius 1 is 1.53 bits per heavy atom. The maximum absolute atomic E-state index is 13.1. The van der Waals surface area contributed by atoms with Gasteiger partial charge in [0.05, 0.1) is 0 Å². The first-order valence-corrected chi connectivity index (χ1v) is 5.35. The summed E-state index contributed by atoms with van der Waals surface area (Å²) in [4.78, 5) is 0. The van der Waals surface area contributed by atoms with Crippen molar-refractivity contribution in [1.29, 1.82) is 0 Å². The first kappa shape index (κ1) is 10.6. The second kappa shape index (κ2) is 3.91. The lowest BCUT2D eigenvalue weighted by Gasteiger charge is -2.16. The molecule has 3 atom stereocenters. The minimum absolute atomic E-state index is 0.154. The van der Waals surface area contributed by atoms with Crippen molar-refractivity contribution < 1.29 is 4.39 Å². The summed E-state index contributed by atoms with van der Waals surface area (Å²) < 4.78 is 13.1. The van der Waals surface area contributed by atoms with Crippen LogP contribution in [0.3, 0.4) is 0 Å². The summed E-state index contributed by atoms with van der Waals surface area (Å²) in [5, 5.41) is 0. The van der Waals surface area contributed by atoms with Crippen molar-refractivity contribution in [2.24, 2.45) is 17.7 Å². The molecule has 2 nitrogen and oxygen atoms in total. The Morgan fingerprint density at radius 3 is 2.67 bits per heavy atom. The molecule has 2 rings (SSSR count). The normalized spacial score (nSPS) is 26.4. The number of hydrogen-bond donors (Lipinski definition) is 2. The molecule has 0 radical (unpaired) electrons. The van der Waals surface area contributed by atoms with Crippen LogP contribution in [0.1, 0.15) is 30.5 Å². The number of hydrogen-bond acceptors (Lipinski definition) is 2. The van der Waals surface area contributed by atoms with Gasteiger partial charge < -0.3 is 0 Å². The van der Waals surface area contributed by atoms with E-state index in [1.54, 1.807) is 6.92 Å². The molecule has 1 saturated carbocycles. The highest BCUT2D eigenvalue weighted by Crippen LogP contribution is 2.46. The maximum Gasteiger partial charge on any atom is 0.126 e. The van der Waals surface area contributed by atoms with Crippen LogP contribution >= 0.6 is 0 Å². The third kappa shape index (κ3) is 2.03. The molecular formula is C12H17FN2. The van der Waals surface area contributed by atoms with Gasteiger partial charge in [0.25, 0.3) is 0 Å². The highest BCUT2D eigenvalue weighted by Gasteiger charge is 2.39. The van der Waals surface area contributed by atoms with Gasteiger partial charge in [-0.15, -0.1) is 0 Å². The lowest BCUT2D eigenvalue weighted by molar-refractivity contribution is 0.474. The average molecular weight is 208 g/mol. The van der Waals surface area contributed by atoms with E-state index < -0.39 is 0 Å². The molecule has 3 unspecified atom stereocenters. The van der Waals surface area contributed by atoms with Crippen LogP contribution in [0, 0.1) is 24.6 Å². The van der Waals surface area contributed by atoms with Crippen molar-refractivity contribution in [3.8, 4) is 0 Å². The molecule has 1 aliphatic carbocycles. The molecule has 0 heterocycles. The highest BCUT2D eigenvalue weighted by atomic mass is 19.1. The standard InChI is InChI=1S/C12H17FN2/c1-7-6-10(7)12(15-14)9-3-4-11(13)8(2)5-9/h3-5,7,10,12,15H,6,14H2,1-2H3. The molecule has 1 aromatic rings. The first-order valence-electron chi connectivity index (χ1n) is 5.35. The predicted molar refractivity (Wildman–Crippen MR) is 58.5 cm³/mol. The SMILES string of the molecule is Cc1cc(C(NN)C2CC2C)ccc1F. The van der Waals surface area contributed by atoms with Crippen LogP contribution in [0.5, 0.6) is 0 Å². The second-order valence-corrected chi connectivity index (χ2v) is 4.53. The lowest BCUT2D eigenvalue weighted by atomic mass is 10.00. The van der Waals surface area contributed by atoms with E-state index >= 15 is 0 Å². The zero-order chi connectivity index (χ0) is 11.0. The quantitative estimate of drug-likeness (QED) is 0.591. The van der Waals surface area contributed by atoms with Gasteiger partial charge in [0.1, 0.15) is 5.82 Å². The van der Waals surface area contributed by atoms with Crippen LogP contribution in [0.25, 0.3) is 0 Å². The van der Waals surface area contributed by atoms with Crippen LogP contribution in [0.15, 0.2) is 18.2 Å². The number of halogens is 1. The van der Waals surface area contributed by atoms with Gasteiger partial charge in [0.15, 0.2) is 0 Å². The smallest absolute Gasteiger partial charge is 0.126 e. The van der Waals surface area contributed by atoms with Crippen molar-refractivity contribution in [3.05, 3.63) is 35.1 Å². The monoisotopic (exact) mass is 208 g/mol. The number of nitrogens with two attached hydrogens (primary N) is 1. The molecule has 82 valence electrons. The summed E-state index contributed by atoms with van der Waals surface area (Å²) >= 11 is 0. The molecule has 1 fully saturated rings. The molecule has 1 aliphatic rings. The molecule has 0 aliphatic heterocycles. The summed E-state index contributed by atoms with van der Waals surface area (Å²) in [6.45, 7) is 3.99. The van der Waals surface area contributed by atoms with Gasteiger partial charge in [-0.2, -0.15) is 0 Å². The Balaban J connectivity index is 2.23. The van der Waals surface area contributed by atoms with Crippen LogP contribution in [0.4, 0.5) is 4.39 Å². The molecule has 0 bridgehead atoms. The summed E-state index contributed by atoms with van der Waals surface area (Å²) in [5.74, 6) is 6.71. The Kier molecular flexibility index (Phi) is 2.76. The third-order valence-corrected chi connectivity index (χ3v) is 3.32. The summed E-state index contributed by atoms with van der Waals surface area (Å²) in [6, 6.07) is 5.38. The number of aryl methyl sites for hydroxylation is 1. The van der Waals surface area contributed by atoms with E-state index in [-0.39, 0.29) is 11.9 Å². The minimum atomic E-state index is -0.154. The fourth-order valence-corrected chi connectivity index (χ4v) is 2.14. The Bertz CT molecular complexity index is 365. The summed E-state index contributed by atoms with van der Waals surface area (Å²) in [5.41, 5.74) is 4.61. The van der Waals surface area contributed by atoms with E-state index in [0.717, 1.165) is 11.5 Å². The highest BCUT2D eigenvalue weighted by molar-refractivity contribution is 5.28. The van der Waals surface area contributed by atoms with Crippen molar-refractivity contribution in [3.63, 3.8) is 0 Å². The molecule has 15 heavy (non-hydrogen) atoms. The van der Waals surface area contributed by atoms with Crippen LogP contribution in [0.2, 0.25) is 0 Å². The van der Waals surface area contributed by atoms with Crippen LogP contribution < -0.4 is 11.3 Å². The van der Waals surface area contributed by atoms with Crippen LogP contribution in [-0.4, -0.2) is 0 Å². The van der Waals surface area contributed by atoms with Crippen molar-refractivity contribution >= 4 is 0 Å². The Morgan fingerprint density at radius 2 is 2.20 bits per heavy atom. The minimum Gasteiger partial charge on any atom is -0.271 e. The number of hydrazine groups is 1. The van der Waals surface area contributed by atoms with Crippen molar-refractivity contribution in [1.82, 2.24) is 5.43 Å². The fourth-order valence-electron chi connectivity index (χ4n) is 2.14. The summed E-state index contributed by atoms with van der Waals surface area (Å²) in [6.07, 6.45) is 1.20. The van der Waals surface area contributed by atoms with E-state index in [2.05, 4.69) is 12.3 Å². The van der Waals surface area contributed by atoms with E-state index in [1.165, 1.54) is 12.5 Å². The Labute approximate surface area is 89.6 Å². The molecule has 3 heteroatoms. The van der Waals surface area contributed by atoms with Gasteiger partial charge in [-0.25, -0.2) is 4.39 Å². The zero-order valence-corrected chi connectivity index (χ0v) is 9.13. The topological polar surface area (TPSA) is 38.0 Å². The predicted octanol–water partition coefficient (Wildman–Crippen LogP) is 2.29. The zero-order valence-electron chi connectivity index (χ0n) is 9.13. The van der Waals surface area contributed by atoms with Gasteiger partial charge in [0.2, 0.25) is 0 Å². The fraction of sp³-hybridized carbons (Fsp3) is 0.500. The third-order valence-electron chi connectivity index (χ3n) is 3.32. The summed E-state index contributed by atoms with van der Waals surface area (Å²) in [7, 11) is 0. The molecule has 0 saturated heterocycles. The van der Waals surface area contributed by atoms with Gasteiger partial charge in [-0.1, -0.05) is 19.1 Å². The molecular weight excluding hydrogens is 191 g/mol. The first-order chi connectivity index (χ1) is 7.13. The van der Waals surface area contributed by atoms with Gasteiger partial charge >= 0.3 is 0 Å². The largest absolute Gasteiger partial charge is 0.271 e. The van der Waals surface area contributed by atoms with Crippen molar-refractivity contribution in [2.75, 3.05) is 0 Å². The van der Waals surface area contributed by atoms with Crippen molar-refractivity contribution in [2.45, 2.75) is 26.3 Å². The lowest BCUT2D eigenvalue weighted by Crippen LogP contribution is -2.30. The molecule has 3 N–H and O–H groups in total. The Hall–Kier alpha value is -0.930. The molecule has 1 aromatic carbocycles. The van der Waals surface area contributed by atoms with Crippen LogP contribution in [-0.2, 0) is 0 Å². The van der Waals surface area contributed by atoms with E-state index in [0.29, 0.717) is 11.5 Å². The maximum atomic E-state index is 13.1. The average Bonchev–Trinajstić information content (AvgIpc) is 2.90. The van der Waals surface area contributed by atoms with E-state index in [9.17, 15) is 4.39 Å². The van der Waals surface area contributed by atoms with E-state index in [4.69, 9.17) is 5.84 Å². The number of benzene rings is 1. The van der Waals surface area contributed by atoms with Gasteiger partial charge in [-0.05, 0) is 42.4 Å². The number of nitrogens with one attached hydrogen (secondary N) is 1. The second-order valence-electron chi connectivity index (χ2n) is 4.53. The molecule has 0 aromatic heterocycles. The van der Waals surface area contributed by atoms with E-state index in [1.807, 2.05) is 12.1 Å². The number of rotatable bonds is 3.